The minimum atomic E-state index is -0.742. The van der Waals surface area contributed by atoms with Crippen molar-refractivity contribution in [3.05, 3.63) is 0 Å². The molecule has 178 valence electrons. The van der Waals surface area contributed by atoms with Crippen molar-refractivity contribution in [1.29, 1.82) is 0 Å². The molecule has 2 N–H and O–H groups in total. The number of hydrogen-bond donors (Lipinski definition) is 1. The van der Waals surface area contributed by atoms with Gasteiger partial charge >= 0.3 is 12.3 Å². The van der Waals surface area contributed by atoms with Crippen LogP contribution in [-0.4, -0.2) is 43.8 Å². The summed E-state index contributed by atoms with van der Waals surface area (Å²) in [4.78, 5) is 23.5. The van der Waals surface area contributed by atoms with Crippen LogP contribution >= 0.6 is 0 Å². The lowest BCUT2D eigenvalue weighted by molar-refractivity contribution is -0.0457. The molecule has 0 saturated heterocycles. The van der Waals surface area contributed by atoms with Crippen molar-refractivity contribution in [2.75, 3.05) is 13.2 Å². The third-order valence-corrected chi connectivity index (χ3v) is 5.31. The number of nitrogens with two attached hydrogens (primary N) is 1. The largest absolute Gasteiger partial charge is 0.508 e. The first-order valence-electron chi connectivity index (χ1n) is 11.8. The molecule has 0 fully saturated rings. The molecule has 0 aliphatic rings. The second-order valence-electron chi connectivity index (χ2n) is 7.87. The zero-order valence-corrected chi connectivity index (χ0v) is 19.8. The molecule has 3 unspecified atom stereocenters. The Bertz CT molecular complexity index is 419. The quantitative estimate of drug-likeness (QED) is 0.224. The Hall–Kier alpha value is -1.50. The molecule has 7 heteroatoms. The van der Waals surface area contributed by atoms with Crippen molar-refractivity contribution >= 4 is 12.3 Å². The van der Waals surface area contributed by atoms with E-state index in [0.29, 0.717) is 0 Å². The average molecular weight is 432 g/mol. The van der Waals surface area contributed by atoms with Gasteiger partial charge < -0.3 is 24.7 Å². The van der Waals surface area contributed by atoms with Crippen LogP contribution in [-0.2, 0) is 18.9 Å². The summed E-state index contributed by atoms with van der Waals surface area (Å²) in [5, 5.41) is 0. The third kappa shape index (κ3) is 13.7. The van der Waals surface area contributed by atoms with Crippen LogP contribution < -0.4 is 5.73 Å². The number of carbonyl (C=O) groups is 2. The first-order chi connectivity index (χ1) is 14.4. The topological polar surface area (TPSA) is 97.1 Å². The van der Waals surface area contributed by atoms with E-state index in [9.17, 15) is 9.59 Å². The van der Waals surface area contributed by atoms with Crippen molar-refractivity contribution in [2.24, 2.45) is 11.7 Å². The van der Waals surface area contributed by atoms with E-state index >= 15 is 0 Å². The van der Waals surface area contributed by atoms with Crippen LogP contribution in [0.5, 0.6) is 0 Å². The molecule has 0 aliphatic heterocycles. The third-order valence-electron chi connectivity index (χ3n) is 5.31. The van der Waals surface area contributed by atoms with E-state index in [1.54, 1.807) is 27.7 Å². The van der Waals surface area contributed by atoms with Gasteiger partial charge in [0.15, 0.2) is 0 Å². The molecule has 0 radical (unpaired) electrons. The molecular formula is C23H45NO6. The molecule has 7 nitrogen and oxygen atoms in total. The summed E-state index contributed by atoms with van der Waals surface area (Å²) in [6.07, 6.45) is 9.30. The van der Waals surface area contributed by atoms with Crippen LogP contribution in [0, 0.1) is 5.92 Å². The fourth-order valence-corrected chi connectivity index (χ4v) is 3.73. The molecule has 0 spiro atoms. The molecule has 0 aromatic heterocycles. The maximum Gasteiger partial charge on any atom is 0.508 e. The normalized spacial score (nSPS) is 15.0. The van der Waals surface area contributed by atoms with Gasteiger partial charge in [-0.2, -0.15) is 0 Å². The van der Waals surface area contributed by atoms with Gasteiger partial charge in [0.1, 0.15) is 12.2 Å². The molecule has 0 heterocycles. The van der Waals surface area contributed by atoms with E-state index in [1.807, 2.05) is 0 Å². The monoisotopic (exact) mass is 431 g/mol. The highest BCUT2D eigenvalue weighted by Crippen LogP contribution is 2.23. The zero-order chi connectivity index (χ0) is 22.8. The summed E-state index contributed by atoms with van der Waals surface area (Å²) < 4.78 is 20.4. The molecule has 3 atom stereocenters. The fraction of sp³-hybridized carbons (Fsp3) is 0.913. The van der Waals surface area contributed by atoms with E-state index in [2.05, 4.69) is 6.92 Å². The summed E-state index contributed by atoms with van der Waals surface area (Å²) in [5.41, 5.74) is 6.45. The summed E-state index contributed by atoms with van der Waals surface area (Å²) in [5.74, 6) is -0.354. The Kier molecular flexibility index (Phi) is 17.4. The Labute approximate surface area is 183 Å². The van der Waals surface area contributed by atoms with Gasteiger partial charge in [-0.1, -0.05) is 64.7 Å². The number of hydrogen-bond acceptors (Lipinski definition) is 7. The van der Waals surface area contributed by atoms with Crippen LogP contribution in [0.15, 0.2) is 0 Å². The van der Waals surface area contributed by atoms with Crippen molar-refractivity contribution < 1.29 is 28.5 Å². The molecule has 30 heavy (non-hydrogen) atoms. The van der Waals surface area contributed by atoms with E-state index < -0.39 is 24.5 Å². The van der Waals surface area contributed by atoms with Crippen molar-refractivity contribution in [3.8, 4) is 0 Å². The van der Waals surface area contributed by atoms with Crippen LogP contribution in [0.25, 0.3) is 0 Å². The smallest absolute Gasteiger partial charge is 0.435 e. The van der Waals surface area contributed by atoms with E-state index in [0.717, 1.165) is 19.3 Å². The zero-order valence-electron chi connectivity index (χ0n) is 19.8. The SMILES string of the molecule is CCCCCCCCCCCC(N)C(C(C)OC(=O)OCC)C(C)OC(=O)OCC. The highest BCUT2D eigenvalue weighted by atomic mass is 16.7. The van der Waals surface area contributed by atoms with Crippen molar-refractivity contribution in [3.63, 3.8) is 0 Å². The van der Waals surface area contributed by atoms with Gasteiger partial charge in [-0.3, -0.25) is 0 Å². The molecule has 0 bridgehead atoms. The molecule has 0 rings (SSSR count). The van der Waals surface area contributed by atoms with Crippen molar-refractivity contribution in [1.82, 2.24) is 0 Å². The lowest BCUT2D eigenvalue weighted by Crippen LogP contribution is -2.46. The van der Waals surface area contributed by atoms with Gasteiger partial charge in [0.2, 0.25) is 0 Å². The van der Waals surface area contributed by atoms with Gasteiger partial charge in [-0.15, -0.1) is 0 Å². The van der Waals surface area contributed by atoms with Gasteiger partial charge in [-0.05, 0) is 34.1 Å². The first-order valence-corrected chi connectivity index (χ1v) is 11.8. The molecule has 0 aromatic carbocycles. The molecule has 0 saturated carbocycles. The first kappa shape index (κ1) is 28.5. The number of ether oxygens (including phenoxy) is 4. The summed E-state index contributed by atoms with van der Waals surface area (Å²) in [7, 11) is 0. The van der Waals surface area contributed by atoms with Crippen LogP contribution in [0.1, 0.15) is 98.8 Å². The lowest BCUT2D eigenvalue weighted by Gasteiger charge is -2.33. The fourth-order valence-electron chi connectivity index (χ4n) is 3.73. The predicted octanol–water partition coefficient (Wildman–Crippen LogP) is 5.97. The van der Waals surface area contributed by atoms with Crippen molar-refractivity contribution in [2.45, 2.75) is 117 Å². The average Bonchev–Trinajstić information content (AvgIpc) is 2.67. The Morgan fingerprint density at radius 3 is 1.50 bits per heavy atom. The molecule has 0 amide bonds. The van der Waals surface area contributed by atoms with Gasteiger partial charge in [0.05, 0.1) is 13.2 Å². The van der Waals surface area contributed by atoms with Gasteiger partial charge in [0, 0.05) is 12.0 Å². The number of unbranched alkanes of at least 4 members (excludes halogenated alkanes) is 8. The lowest BCUT2D eigenvalue weighted by atomic mass is 9.86. The standard InChI is InChI=1S/C23H45NO6/c1-6-9-10-11-12-13-14-15-16-17-20(24)21(18(4)29-22(25)27-7-2)19(5)30-23(26)28-8-3/h18-21H,6-17,24H2,1-5H3. The Morgan fingerprint density at radius 1 is 0.700 bits per heavy atom. The van der Waals surface area contributed by atoms with Crippen LogP contribution in [0.2, 0.25) is 0 Å². The maximum absolute atomic E-state index is 11.7. The minimum Gasteiger partial charge on any atom is -0.435 e. The minimum absolute atomic E-state index is 0.232. The van der Waals surface area contributed by atoms with Gasteiger partial charge in [-0.25, -0.2) is 9.59 Å². The highest BCUT2D eigenvalue weighted by molar-refractivity contribution is 5.60. The number of carbonyl (C=O) groups excluding carboxylic acids is 2. The second-order valence-corrected chi connectivity index (χ2v) is 7.87. The molecule has 0 aliphatic carbocycles. The Balaban J connectivity index is 4.57. The maximum atomic E-state index is 11.7. The summed E-state index contributed by atoms with van der Waals surface area (Å²) >= 11 is 0. The van der Waals surface area contributed by atoms with E-state index in [-0.39, 0.29) is 25.2 Å². The molecule has 0 aromatic rings. The van der Waals surface area contributed by atoms with Crippen LogP contribution in [0.4, 0.5) is 9.59 Å². The summed E-state index contributed by atoms with van der Waals surface area (Å²) in [6, 6.07) is -0.275. The second kappa shape index (κ2) is 18.3. The number of rotatable bonds is 17. The predicted molar refractivity (Wildman–Crippen MR) is 118 cm³/mol. The Morgan fingerprint density at radius 2 is 1.10 bits per heavy atom. The van der Waals surface area contributed by atoms with Crippen LogP contribution in [0.3, 0.4) is 0 Å². The van der Waals surface area contributed by atoms with Gasteiger partial charge in [0.25, 0.3) is 0 Å². The summed E-state index contributed by atoms with van der Waals surface area (Å²) in [6.45, 7) is 9.63. The highest BCUT2D eigenvalue weighted by Gasteiger charge is 2.34. The molecular weight excluding hydrogens is 386 g/mol. The van der Waals surface area contributed by atoms with E-state index in [4.69, 9.17) is 24.7 Å². The van der Waals surface area contributed by atoms with E-state index in [1.165, 1.54) is 44.9 Å².